The van der Waals surface area contributed by atoms with Crippen molar-refractivity contribution in [3.63, 3.8) is 0 Å². The number of imide groups is 2. The van der Waals surface area contributed by atoms with E-state index in [-0.39, 0.29) is 29.4 Å². The van der Waals surface area contributed by atoms with Crippen LogP contribution in [0.2, 0.25) is 0 Å². The first-order valence-corrected chi connectivity index (χ1v) is 9.19. The highest BCUT2D eigenvalue weighted by molar-refractivity contribution is 9.10. The predicted octanol–water partition coefficient (Wildman–Crippen LogP) is 3.17. The molecule has 0 spiro atoms. The van der Waals surface area contributed by atoms with Gasteiger partial charge in [-0.15, -0.1) is 0 Å². The second-order valence-electron chi connectivity index (χ2n) is 5.91. The van der Waals surface area contributed by atoms with E-state index in [1.165, 1.54) is 37.5 Å². The van der Waals surface area contributed by atoms with Crippen LogP contribution in [-0.4, -0.2) is 31.6 Å². The first kappa shape index (κ1) is 21.0. The molecule has 0 unspecified atom stereocenters. The second kappa shape index (κ2) is 8.75. The molecule has 2 aromatic rings. The molecule has 0 radical (unpaired) electrons. The van der Waals surface area contributed by atoms with Crippen LogP contribution in [0.15, 0.2) is 46.4 Å². The third-order valence-electron chi connectivity index (χ3n) is 4.06. The van der Waals surface area contributed by atoms with Crippen LogP contribution in [0.3, 0.4) is 0 Å². The lowest BCUT2D eigenvalue weighted by Gasteiger charge is -2.26. The van der Waals surface area contributed by atoms with Gasteiger partial charge in [-0.2, -0.15) is 5.26 Å². The summed E-state index contributed by atoms with van der Waals surface area (Å²) < 4.78 is 24.1. The zero-order valence-corrected chi connectivity index (χ0v) is 17.0. The Morgan fingerprint density at radius 3 is 2.53 bits per heavy atom. The van der Waals surface area contributed by atoms with E-state index in [4.69, 9.17) is 14.7 Å². The standard InChI is InChI=1S/C20H13BrFN3O5/c1-29-16-9-11(15(21)10-17(16)30-7-6-23)8-14-18(26)24-20(28)25(19(14)27)13-4-2-12(22)3-5-13/h2-5,8-10H,7H2,1H3,(H,24,26,28)/b14-8+. The molecule has 0 aliphatic carbocycles. The highest BCUT2D eigenvalue weighted by Crippen LogP contribution is 2.35. The molecule has 0 bridgehead atoms. The monoisotopic (exact) mass is 473 g/mol. The van der Waals surface area contributed by atoms with Crippen LogP contribution in [0.25, 0.3) is 6.08 Å². The van der Waals surface area contributed by atoms with Gasteiger partial charge in [0.05, 0.1) is 12.8 Å². The molecule has 2 aromatic carbocycles. The first-order valence-electron chi connectivity index (χ1n) is 8.40. The van der Waals surface area contributed by atoms with E-state index in [1.807, 2.05) is 6.07 Å². The van der Waals surface area contributed by atoms with Crippen molar-refractivity contribution >= 4 is 45.5 Å². The molecule has 152 valence electrons. The number of anilines is 1. The molecule has 8 nitrogen and oxygen atoms in total. The SMILES string of the molecule is COc1cc(/C=C2\C(=O)NC(=O)N(c3ccc(F)cc3)C2=O)c(Br)cc1OCC#N. The molecule has 0 saturated carbocycles. The number of hydrogen-bond donors (Lipinski definition) is 1. The van der Waals surface area contributed by atoms with Gasteiger partial charge in [-0.05, 0) is 48.0 Å². The molecule has 1 N–H and O–H groups in total. The summed E-state index contributed by atoms with van der Waals surface area (Å²) in [5.41, 5.74) is 0.185. The van der Waals surface area contributed by atoms with E-state index in [0.29, 0.717) is 10.0 Å². The third-order valence-corrected chi connectivity index (χ3v) is 4.75. The van der Waals surface area contributed by atoms with Crippen molar-refractivity contribution in [2.45, 2.75) is 0 Å². The van der Waals surface area contributed by atoms with Gasteiger partial charge in [-0.1, -0.05) is 15.9 Å². The van der Waals surface area contributed by atoms with Gasteiger partial charge in [0.2, 0.25) is 0 Å². The molecule has 10 heteroatoms. The van der Waals surface area contributed by atoms with Crippen LogP contribution in [0.4, 0.5) is 14.9 Å². The number of amides is 4. The lowest BCUT2D eigenvalue weighted by atomic mass is 10.1. The zero-order chi connectivity index (χ0) is 21.8. The van der Waals surface area contributed by atoms with Gasteiger partial charge in [-0.25, -0.2) is 14.1 Å². The molecule has 1 fully saturated rings. The number of barbiturate groups is 1. The van der Waals surface area contributed by atoms with E-state index in [0.717, 1.165) is 17.0 Å². The Morgan fingerprint density at radius 1 is 1.20 bits per heavy atom. The molecule has 1 saturated heterocycles. The van der Waals surface area contributed by atoms with Crippen LogP contribution < -0.4 is 19.7 Å². The Hall–Kier alpha value is -3.71. The van der Waals surface area contributed by atoms with E-state index < -0.39 is 23.7 Å². The van der Waals surface area contributed by atoms with Gasteiger partial charge >= 0.3 is 6.03 Å². The van der Waals surface area contributed by atoms with Gasteiger partial charge in [0, 0.05) is 4.47 Å². The number of urea groups is 1. The number of carbonyl (C=O) groups excluding carboxylic acids is 3. The first-order chi connectivity index (χ1) is 14.3. The van der Waals surface area contributed by atoms with Gasteiger partial charge in [0.25, 0.3) is 11.8 Å². The number of ether oxygens (including phenoxy) is 2. The van der Waals surface area contributed by atoms with Crippen LogP contribution >= 0.6 is 15.9 Å². The average Bonchev–Trinajstić information content (AvgIpc) is 2.71. The fraction of sp³-hybridized carbons (Fsp3) is 0.100. The summed E-state index contributed by atoms with van der Waals surface area (Å²) in [6.07, 6.45) is 1.28. The molecule has 30 heavy (non-hydrogen) atoms. The predicted molar refractivity (Wildman–Crippen MR) is 107 cm³/mol. The fourth-order valence-electron chi connectivity index (χ4n) is 2.68. The van der Waals surface area contributed by atoms with Crippen molar-refractivity contribution in [3.8, 4) is 17.6 Å². The summed E-state index contributed by atoms with van der Waals surface area (Å²) in [6.45, 7) is -0.196. The van der Waals surface area contributed by atoms with Crippen LogP contribution in [-0.2, 0) is 9.59 Å². The zero-order valence-electron chi connectivity index (χ0n) is 15.4. The minimum atomic E-state index is -0.939. The number of nitriles is 1. The van der Waals surface area contributed by atoms with Gasteiger partial charge in [0.1, 0.15) is 17.5 Å². The molecule has 4 amide bonds. The van der Waals surface area contributed by atoms with Gasteiger partial charge in [-0.3, -0.25) is 14.9 Å². The molecule has 0 atom stereocenters. The Morgan fingerprint density at radius 2 is 1.90 bits per heavy atom. The lowest BCUT2D eigenvalue weighted by Crippen LogP contribution is -2.54. The van der Waals surface area contributed by atoms with E-state index in [9.17, 15) is 18.8 Å². The molecular weight excluding hydrogens is 461 g/mol. The number of rotatable bonds is 5. The normalized spacial score (nSPS) is 15.1. The quantitative estimate of drug-likeness (QED) is 0.527. The van der Waals surface area contributed by atoms with Crippen molar-refractivity contribution < 1.29 is 28.2 Å². The largest absolute Gasteiger partial charge is 0.493 e. The Kier molecular flexibility index (Phi) is 6.13. The van der Waals surface area contributed by atoms with Crippen molar-refractivity contribution in [2.75, 3.05) is 18.6 Å². The summed E-state index contributed by atoms with van der Waals surface area (Å²) in [7, 11) is 1.40. The van der Waals surface area contributed by atoms with Gasteiger partial charge in [0.15, 0.2) is 18.1 Å². The van der Waals surface area contributed by atoms with Crippen molar-refractivity contribution in [2.24, 2.45) is 0 Å². The number of nitrogens with zero attached hydrogens (tertiary/aromatic N) is 2. The van der Waals surface area contributed by atoms with Crippen molar-refractivity contribution in [1.82, 2.24) is 5.32 Å². The number of methoxy groups -OCH3 is 1. The van der Waals surface area contributed by atoms with Crippen LogP contribution in [0, 0.1) is 17.1 Å². The number of hydrogen-bond acceptors (Lipinski definition) is 6. The van der Waals surface area contributed by atoms with Crippen LogP contribution in [0.1, 0.15) is 5.56 Å². The van der Waals surface area contributed by atoms with Crippen molar-refractivity contribution in [3.05, 3.63) is 57.8 Å². The Bertz CT molecular complexity index is 1110. The van der Waals surface area contributed by atoms with Crippen LogP contribution in [0.5, 0.6) is 11.5 Å². The topological polar surface area (TPSA) is 109 Å². The van der Waals surface area contributed by atoms with Crippen molar-refractivity contribution in [1.29, 1.82) is 5.26 Å². The average molecular weight is 474 g/mol. The maximum absolute atomic E-state index is 13.2. The minimum absolute atomic E-state index is 0.106. The summed E-state index contributed by atoms with van der Waals surface area (Å²) >= 11 is 3.32. The van der Waals surface area contributed by atoms with E-state index in [2.05, 4.69) is 21.2 Å². The number of nitrogens with one attached hydrogen (secondary N) is 1. The molecule has 1 aliphatic rings. The summed E-state index contributed by atoms with van der Waals surface area (Å²) in [5.74, 6) is -1.72. The van der Waals surface area contributed by atoms with E-state index >= 15 is 0 Å². The summed E-state index contributed by atoms with van der Waals surface area (Å²) in [6, 6.07) is 8.62. The smallest absolute Gasteiger partial charge is 0.335 e. The lowest BCUT2D eigenvalue weighted by molar-refractivity contribution is -0.122. The molecule has 0 aromatic heterocycles. The Labute approximate surface area is 178 Å². The molecule has 3 rings (SSSR count). The number of halogens is 2. The maximum atomic E-state index is 13.2. The minimum Gasteiger partial charge on any atom is -0.493 e. The van der Waals surface area contributed by atoms with E-state index in [1.54, 1.807) is 0 Å². The fourth-order valence-corrected chi connectivity index (χ4v) is 3.12. The highest BCUT2D eigenvalue weighted by atomic mass is 79.9. The van der Waals surface area contributed by atoms with Gasteiger partial charge < -0.3 is 9.47 Å². The highest BCUT2D eigenvalue weighted by Gasteiger charge is 2.37. The third kappa shape index (κ3) is 4.16. The molecular formula is C20H13BrFN3O5. The number of benzene rings is 2. The summed E-state index contributed by atoms with van der Waals surface area (Å²) in [4.78, 5) is 38.1. The number of carbonyl (C=O) groups is 3. The second-order valence-corrected chi connectivity index (χ2v) is 6.76. The molecule has 1 aliphatic heterocycles. The maximum Gasteiger partial charge on any atom is 0.335 e. The Balaban J connectivity index is 2.02. The summed E-state index contributed by atoms with van der Waals surface area (Å²) in [5, 5.41) is 10.8. The molecule has 1 heterocycles.